The lowest BCUT2D eigenvalue weighted by molar-refractivity contribution is 0.0787. The van der Waals surface area contributed by atoms with Crippen LogP contribution in [-0.2, 0) is 6.42 Å². The van der Waals surface area contributed by atoms with Crippen LogP contribution in [0.3, 0.4) is 0 Å². The summed E-state index contributed by atoms with van der Waals surface area (Å²) < 4.78 is 5.16. The lowest BCUT2D eigenvalue weighted by atomic mass is 10.1. The van der Waals surface area contributed by atoms with Crippen LogP contribution in [0.4, 0.5) is 0 Å². The summed E-state index contributed by atoms with van der Waals surface area (Å²) in [6.45, 7) is 0.656. The Hall–Kier alpha value is -3.15. The van der Waals surface area contributed by atoms with Gasteiger partial charge in [0.1, 0.15) is 5.75 Å². The Bertz CT molecular complexity index is 844. The van der Waals surface area contributed by atoms with Gasteiger partial charge in [-0.25, -0.2) is 0 Å². The topological polar surface area (TPSA) is 60.2 Å². The zero-order valence-electron chi connectivity index (χ0n) is 15.0. The van der Waals surface area contributed by atoms with Crippen molar-refractivity contribution in [1.29, 1.82) is 0 Å². The normalized spacial score (nSPS) is 10.5. The minimum absolute atomic E-state index is 0.123. The van der Waals surface area contributed by atoms with Gasteiger partial charge < -0.3 is 9.64 Å². The Morgan fingerprint density at radius 2 is 1.85 bits per heavy atom. The molecule has 3 rings (SSSR count). The molecule has 134 valence electrons. The summed E-state index contributed by atoms with van der Waals surface area (Å²) in [4.78, 5) is 15.7. The molecule has 26 heavy (non-hydrogen) atoms. The van der Waals surface area contributed by atoms with Gasteiger partial charge in [-0.3, -0.25) is 4.79 Å². The second kappa shape index (κ2) is 8.29. The molecule has 0 aliphatic heterocycles. The standard InChI is InChI=1S/C20H22N4O2/c1-23(14-6-7-16-10-12-18(26-2)13-11-16)20(25)19-15-21-24(22-19)17-8-4-3-5-9-17/h3-5,8-13,15H,6-7,14H2,1-2H3. The third-order valence-corrected chi connectivity index (χ3v) is 4.16. The van der Waals surface area contributed by atoms with Gasteiger partial charge in [0.05, 0.1) is 19.0 Å². The highest BCUT2D eigenvalue weighted by molar-refractivity contribution is 5.91. The van der Waals surface area contributed by atoms with Gasteiger partial charge in [0.15, 0.2) is 5.69 Å². The Morgan fingerprint density at radius 1 is 1.12 bits per heavy atom. The summed E-state index contributed by atoms with van der Waals surface area (Å²) in [7, 11) is 3.45. The van der Waals surface area contributed by atoms with Gasteiger partial charge >= 0.3 is 0 Å². The first-order chi connectivity index (χ1) is 12.7. The Balaban J connectivity index is 1.53. The van der Waals surface area contributed by atoms with Crippen LogP contribution in [0.1, 0.15) is 22.5 Å². The summed E-state index contributed by atoms with van der Waals surface area (Å²) in [5, 5.41) is 8.47. The van der Waals surface area contributed by atoms with Crippen LogP contribution in [-0.4, -0.2) is 46.5 Å². The van der Waals surface area contributed by atoms with Gasteiger partial charge in [-0.15, -0.1) is 5.10 Å². The van der Waals surface area contributed by atoms with Crippen LogP contribution in [0.15, 0.2) is 60.8 Å². The van der Waals surface area contributed by atoms with Crippen molar-refractivity contribution in [2.45, 2.75) is 12.8 Å². The van der Waals surface area contributed by atoms with E-state index in [4.69, 9.17) is 4.74 Å². The summed E-state index contributed by atoms with van der Waals surface area (Å²) in [6.07, 6.45) is 3.29. The van der Waals surface area contributed by atoms with E-state index in [1.165, 1.54) is 16.6 Å². The molecule has 0 saturated carbocycles. The Morgan fingerprint density at radius 3 is 2.54 bits per heavy atom. The van der Waals surface area contributed by atoms with E-state index in [-0.39, 0.29) is 5.91 Å². The zero-order chi connectivity index (χ0) is 18.4. The van der Waals surface area contributed by atoms with E-state index in [1.807, 2.05) is 54.6 Å². The molecule has 0 aliphatic rings. The molecule has 0 radical (unpaired) electrons. The molecule has 1 heterocycles. The SMILES string of the molecule is COc1ccc(CCCN(C)C(=O)c2cnn(-c3ccccc3)n2)cc1. The predicted octanol–water partition coefficient (Wildman–Crippen LogP) is 2.98. The molecule has 0 aliphatic carbocycles. The fourth-order valence-electron chi connectivity index (χ4n) is 2.66. The van der Waals surface area contributed by atoms with Crippen molar-refractivity contribution in [3.05, 3.63) is 72.1 Å². The highest BCUT2D eigenvalue weighted by Gasteiger charge is 2.15. The first-order valence-corrected chi connectivity index (χ1v) is 8.53. The second-order valence-corrected chi connectivity index (χ2v) is 6.03. The largest absolute Gasteiger partial charge is 0.497 e. The highest BCUT2D eigenvalue weighted by atomic mass is 16.5. The number of hydrogen-bond donors (Lipinski definition) is 0. The van der Waals surface area contributed by atoms with Gasteiger partial charge in [-0.05, 0) is 42.7 Å². The summed E-state index contributed by atoms with van der Waals surface area (Å²) in [5.74, 6) is 0.726. The zero-order valence-corrected chi connectivity index (χ0v) is 15.0. The molecule has 0 N–H and O–H groups in total. The molecule has 6 heteroatoms. The average Bonchev–Trinajstić information content (AvgIpc) is 3.18. The van der Waals surface area contributed by atoms with Crippen molar-refractivity contribution in [2.24, 2.45) is 0 Å². The van der Waals surface area contributed by atoms with Crippen LogP contribution < -0.4 is 4.74 Å². The number of carbonyl (C=O) groups excluding carboxylic acids is 1. The number of aromatic nitrogens is 3. The van der Waals surface area contributed by atoms with Crippen LogP contribution in [0.5, 0.6) is 5.75 Å². The predicted molar refractivity (Wildman–Crippen MR) is 99.6 cm³/mol. The van der Waals surface area contributed by atoms with Crippen LogP contribution in [0.25, 0.3) is 5.69 Å². The molecular weight excluding hydrogens is 328 g/mol. The summed E-state index contributed by atoms with van der Waals surface area (Å²) in [6, 6.07) is 17.5. The Labute approximate surface area is 153 Å². The van der Waals surface area contributed by atoms with Crippen molar-refractivity contribution in [1.82, 2.24) is 19.9 Å². The average molecular weight is 350 g/mol. The molecule has 2 aromatic carbocycles. The molecule has 0 bridgehead atoms. The number of carbonyl (C=O) groups is 1. The quantitative estimate of drug-likeness (QED) is 0.657. The maximum Gasteiger partial charge on any atom is 0.275 e. The molecule has 0 saturated heterocycles. The number of nitrogens with zero attached hydrogens (tertiary/aromatic N) is 4. The smallest absolute Gasteiger partial charge is 0.275 e. The number of rotatable bonds is 7. The number of ether oxygens (including phenoxy) is 1. The number of aryl methyl sites for hydroxylation is 1. The fraction of sp³-hybridized carbons (Fsp3) is 0.250. The molecule has 6 nitrogen and oxygen atoms in total. The monoisotopic (exact) mass is 350 g/mol. The molecule has 0 fully saturated rings. The van der Waals surface area contributed by atoms with Crippen LogP contribution >= 0.6 is 0 Å². The maximum absolute atomic E-state index is 12.5. The van der Waals surface area contributed by atoms with Crippen molar-refractivity contribution in [3.63, 3.8) is 0 Å². The molecule has 3 aromatic rings. The van der Waals surface area contributed by atoms with E-state index in [0.717, 1.165) is 24.3 Å². The van der Waals surface area contributed by atoms with E-state index < -0.39 is 0 Å². The molecule has 1 aromatic heterocycles. The third kappa shape index (κ3) is 4.27. The highest BCUT2D eigenvalue weighted by Crippen LogP contribution is 2.13. The van der Waals surface area contributed by atoms with Gasteiger partial charge in [0.25, 0.3) is 5.91 Å². The van der Waals surface area contributed by atoms with Gasteiger partial charge in [-0.1, -0.05) is 30.3 Å². The minimum atomic E-state index is -0.123. The van der Waals surface area contributed by atoms with Crippen LogP contribution in [0.2, 0.25) is 0 Å². The van der Waals surface area contributed by atoms with E-state index in [1.54, 1.807) is 19.1 Å². The van der Waals surface area contributed by atoms with E-state index >= 15 is 0 Å². The van der Waals surface area contributed by atoms with E-state index in [0.29, 0.717) is 12.2 Å². The van der Waals surface area contributed by atoms with Crippen molar-refractivity contribution in [3.8, 4) is 11.4 Å². The number of para-hydroxylation sites is 1. The lowest BCUT2D eigenvalue weighted by Crippen LogP contribution is -2.28. The number of hydrogen-bond acceptors (Lipinski definition) is 4. The first-order valence-electron chi connectivity index (χ1n) is 8.53. The minimum Gasteiger partial charge on any atom is -0.497 e. The van der Waals surface area contributed by atoms with Crippen molar-refractivity contribution < 1.29 is 9.53 Å². The number of amides is 1. The summed E-state index contributed by atoms with van der Waals surface area (Å²) in [5.41, 5.74) is 2.40. The third-order valence-electron chi connectivity index (χ3n) is 4.16. The molecule has 1 amide bonds. The molecule has 0 unspecified atom stereocenters. The van der Waals surface area contributed by atoms with Crippen molar-refractivity contribution in [2.75, 3.05) is 20.7 Å². The first kappa shape index (κ1) is 17.7. The van der Waals surface area contributed by atoms with Gasteiger partial charge in [-0.2, -0.15) is 9.90 Å². The van der Waals surface area contributed by atoms with E-state index in [9.17, 15) is 4.79 Å². The van der Waals surface area contributed by atoms with E-state index in [2.05, 4.69) is 10.2 Å². The second-order valence-electron chi connectivity index (χ2n) is 6.03. The molecular formula is C20H22N4O2. The fourth-order valence-corrected chi connectivity index (χ4v) is 2.66. The lowest BCUT2D eigenvalue weighted by Gasteiger charge is -2.15. The van der Waals surface area contributed by atoms with Crippen LogP contribution in [0, 0.1) is 0 Å². The maximum atomic E-state index is 12.5. The van der Waals surface area contributed by atoms with Gasteiger partial charge in [0, 0.05) is 13.6 Å². The number of benzene rings is 2. The summed E-state index contributed by atoms with van der Waals surface area (Å²) >= 11 is 0. The number of methoxy groups -OCH3 is 1. The Kier molecular flexibility index (Phi) is 5.63. The molecule has 0 atom stereocenters. The van der Waals surface area contributed by atoms with Gasteiger partial charge in [0.2, 0.25) is 0 Å². The van der Waals surface area contributed by atoms with Crippen molar-refractivity contribution >= 4 is 5.91 Å². The molecule has 0 spiro atoms.